The number of hydrogen-bond acceptors (Lipinski definition) is 5. The fraction of sp³-hybridized carbons (Fsp3) is 0.500. The molecule has 0 aliphatic heterocycles. The van der Waals surface area contributed by atoms with E-state index in [0.717, 1.165) is 6.07 Å². The Bertz CT molecular complexity index is 334. The number of nitro groups is 2. The summed E-state index contributed by atoms with van der Waals surface area (Å²) in [6.45, 7) is 0.561. The molecule has 0 saturated heterocycles. The van der Waals surface area contributed by atoms with Crippen LogP contribution in [0.3, 0.4) is 0 Å². The van der Waals surface area contributed by atoms with Gasteiger partial charge in [0, 0.05) is 0 Å². The van der Waals surface area contributed by atoms with Crippen LogP contribution >= 0.6 is 0 Å². The molecular weight excluding hydrogens is 182 g/mol. The van der Waals surface area contributed by atoms with Crippen LogP contribution in [0.2, 0.25) is 0 Å². The van der Waals surface area contributed by atoms with Gasteiger partial charge in [-0.1, -0.05) is 0 Å². The zero-order chi connectivity index (χ0) is 10.6. The zero-order valence-corrected chi connectivity index (χ0v) is 6.37. The monoisotopic (exact) mass is 185 g/mol. The van der Waals surface area contributed by atoms with Gasteiger partial charge in [-0.3, -0.25) is 20.2 Å². The van der Waals surface area contributed by atoms with Crippen molar-refractivity contribution in [2.24, 2.45) is 0 Å². The van der Waals surface area contributed by atoms with Gasteiger partial charge in [-0.2, -0.15) is 5.26 Å². The first kappa shape index (κ1) is 10.7. The third kappa shape index (κ3) is 1.47. The van der Waals surface area contributed by atoms with Gasteiger partial charge in [-0.05, 0) is 0 Å². The summed E-state index contributed by atoms with van der Waals surface area (Å²) in [5, 5.41) is 28.7. The van der Waals surface area contributed by atoms with Gasteiger partial charge < -0.3 is 5.53 Å². The largest absolute Gasteiger partial charge is 0.563 e. The second-order valence-corrected chi connectivity index (χ2v) is 2.10. The standard InChI is InChI=1S/C4H3N5O4/c1-4(8(10)11,9(12)13)3(2-5)7-6/h1H3. The van der Waals surface area contributed by atoms with Gasteiger partial charge in [0.15, 0.2) is 6.07 Å². The number of hydrogen-bond donors (Lipinski definition) is 0. The quantitative estimate of drug-likeness (QED) is 0.144. The highest BCUT2D eigenvalue weighted by Gasteiger charge is 2.63. The smallest absolute Gasteiger partial charge is 0.360 e. The van der Waals surface area contributed by atoms with E-state index in [0.29, 0.717) is 6.92 Å². The Labute approximate surface area is 71.1 Å². The van der Waals surface area contributed by atoms with Crippen LogP contribution < -0.4 is 0 Å². The molecule has 0 aromatic rings. The maximum Gasteiger partial charge on any atom is 0.563 e. The van der Waals surface area contributed by atoms with E-state index in [9.17, 15) is 20.2 Å². The molecule has 0 saturated carbocycles. The molecule has 0 radical (unpaired) electrons. The molecule has 0 aliphatic rings. The third-order valence-electron chi connectivity index (χ3n) is 1.37. The van der Waals surface area contributed by atoms with Crippen LogP contribution in [0.5, 0.6) is 0 Å². The molecule has 0 N–H and O–H groups in total. The highest BCUT2D eigenvalue weighted by atomic mass is 16.7. The molecule has 13 heavy (non-hydrogen) atoms. The Morgan fingerprint density at radius 1 is 1.54 bits per heavy atom. The molecule has 9 heteroatoms. The Balaban J connectivity index is 5.55. The average Bonchev–Trinajstić information content (AvgIpc) is 2.05. The van der Waals surface area contributed by atoms with Crippen LogP contribution in [0.4, 0.5) is 0 Å². The van der Waals surface area contributed by atoms with Crippen molar-refractivity contribution in [1.82, 2.24) is 0 Å². The van der Waals surface area contributed by atoms with Crippen molar-refractivity contribution in [2.75, 3.05) is 0 Å². The number of rotatable bonds is 3. The Kier molecular flexibility index (Phi) is 2.77. The van der Waals surface area contributed by atoms with Crippen molar-refractivity contribution in [3.05, 3.63) is 25.8 Å². The molecule has 0 aliphatic carbocycles. The molecule has 0 unspecified atom stereocenters. The van der Waals surface area contributed by atoms with Crippen LogP contribution in [0.1, 0.15) is 6.92 Å². The van der Waals surface area contributed by atoms with Gasteiger partial charge in [0.2, 0.25) is 0 Å². The molecule has 0 aromatic carbocycles. The Hall–Kier alpha value is -2.33. The average molecular weight is 185 g/mol. The topological polar surface area (TPSA) is 146 Å². The summed E-state index contributed by atoms with van der Waals surface area (Å²) in [5.74, 6) is 0. The minimum Gasteiger partial charge on any atom is -0.360 e. The molecule has 0 aromatic heterocycles. The van der Waals surface area contributed by atoms with Gasteiger partial charge >= 0.3 is 11.4 Å². The molecule has 0 heterocycles. The lowest BCUT2D eigenvalue weighted by Gasteiger charge is -2.03. The summed E-state index contributed by atoms with van der Waals surface area (Å²) >= 11 is 0. The molecule has 0 rings (SSSR count). The van der Waals surface area contributed by atoms with Crippen molar-refractivity contribution >= 4 is 5.71 Å². The maximum absolute atomic E-state index is 10.2. The van der Waals surface area contributed by atoms with E-state index in [1.807, 2.05) is 0 Å². The lowest BCUT2D eigenvalue weighted by molar-refractivity contribution is -0.769. The molecule has 0 spiro atoms. The minimum atomic E-state index is -2.90. The van der Waals surface area contributed by atoms with Crippen LogP contribution in [0.15, 0.2) is 0 Å². The van der Waals surface area contributed by atoms with E-state index in [2.05, 4.69) is 4.79 Å². The zero-order valence-electron chi connectivity index (χ0n) is 6.37. The molecule has 0 fully saturated rings. The molecule has 0 bridgehead atoms. The van der Waals surface area contributed by atoms with Crippen molar-refractivity contribution in [3.63, 3.8) is 0 Å². The van der Waals surface area contributed by atoms with Crippen molar-refractivity contribution in [1.29, 1.82) is 5.26 Å². The summed E-state index contributed by atoms with van der Waals surface area (Å²) in [6.07, 6.45) is 0. The van der Waals surface area contributed by atoms with Crippen LogP contribution in [-0.4, -0.2) is 26.0 Å². The third-order valence-corrected chi connectivity index (χ3v) is 1.37. The molecule has 9 nitrogen and oxygen atoms in total. The first-order chi connectivity index (χ1) is 5.91. The van der Waals surface area contributed by atoms with Crippen molar-refractivity contribution < 1.29 is 14.6 Å². The predicted molar refractivity (Wildman–Crippen MR) is 36.6 cm³/mol. The van der Waals surface area contributed by atoms with Crippen molar-refractivity contribution in [2.45, 2.75) is 12.6 Å². The van der Waals surface area contributed by atoms with Gasteiger partial charge in [0.05, 0.1) is 6.92 Å². The van der Waals surface area contributed by atoms with Gasteiger partial charge in [-0.25, -0.2) is 0 Å². The normalized spacial score (nSPS) is 9.54. The van der Waals surface area contributed by atoms with Crippen LogP contribution in [0.25, 0.3) is 5.53 Å². The molecule has 68 valence electrons. The second kappa shape index (κ2) is 3.38. The Morgan fingerprint density at radius 2 is 1.92 bits per heavy atom. The summed E-state index contributed by atoms with van der Waals surface area (Å²) in [7, 11) is 0. The van der Waals surface area contributed by atoms with E-state index >= 15 is 0 Å². The fourth-order valence-corrected chi connectivity index (χ4v) is 0.463. The lowest BCUT2D eigenvalue weighted by Crippen LogP contribution is -2.50. The summed E-state index contributed by atoms with van der Waals surface area (Å²) in [6, 6.07) is 1.07. The highest BCUT2D eigenvalue weighted by Crippen LogP contribution is 2.10. The SMILES string of the molecule is CC(C(C#N)=[N+]=[N-])([N+](=O)[O-])[N+](=O)[O-]. The molecular formula is C4H3N5O4. The highest BCUT2D eigenvalue weighted by molar-refractivity contribution is 5.98. The maximum atomic E-state index is 10.2. The van der Waals surface area contributed by atoms with E-state index in [1.165, 1.54) is 0 Å². The predicted octanol–water partition coefficient (Wildman–Crippen LogP) is -0.550. The van der Waals surface area contributed by atoms with Crippen LogP contribution in [0, 0.1) is 31.6 Å². The number of nitriles is 1. The van der Waals surface area contributed by atoms with E-state index in [-0.39, 0.29) is 0 Å². The summed E-state index contributed by atoms with van der Waals surface area (Å²) in [5.41, 5.74) is 4.04. The van der Waals surface area contributed by atoms with Gasteiger partial charge in [0.1, 0.15) is 9.85 Å². The number of nitrogens with zero attached hydrogens (tertiary/aromatic N) is 5. The summed E-state index contributed by atoms with van der Waals surface area (Å²) < 4.78 is 0. The van der Waals surface area contributed by atoms with E-state index < -0.39 is 21.2 Å². The first-order valence-electron chi connectivity index (χ1n) is 2.82. The lowest BCUT2D eigenvalue weighted by atomic mass is 10.1. The van der Waals surface area contributed by atoms with E-state index in [1.54, 1.807) is 0 Å². The Morgan fingerprint density at radius 3 is 2.00 bits per heavy atom. The summed E-state index contributed by atoms with van der Waals surface area (Å²) in [4.78, 5) is 20.1. The van der Waals surface area contributed by atoms with E-state index in [4.69, 9.17) is 10.8 Å². The molecule has 0 amide bonds. The van der Waals surface area contributed by atoms with Crippen molar-refractivity contribution in [3.8, 4) is 6.07 Å². The minimum absolute atomic E-state index is 0.561. The first-order valence-corrected chi connectivity index (χ1v) is 2.82. The fourth-order valence-electron chi connectivity index (χ4n) is 0.463. The second-order valence-electron chi connectivity index (χ2n) is 2.10. The van der Waals surface area contributed by atoms with Gasteiger partial charge in [-0.15, -0.1) is 4.79 Å². The molecule has 0 atom stereocenters. The van der Waals surface area contributed by atoms with Gasteiger partial charge in [0.25, 0.3) is 0 Å². The van der Waals surface area contributed by atoms with Crippen LogP contribution in [-0.2, 0) is 0 Å².